The number of carbonyl (C=O) groups is 1. The van der Waals surface area contributed by atoms with Gasteiger partial charge >= 0.3 is 5.97 Å². The van der Waals surface area contributed by atoms with E-state index in [1.165, 1.54) is 14.2 Å². The Bertz CT molecular complexity index is 1430. The molecule has 0 amide bonds. The number of aryl methyl sites for hydroxylation is 2. The standard InChI is InChI=1S/C29H30N2O7/c1-13-15(3)31(16(4)14(2)30-13)27-19-10-22-21(37-12-38-22)9-18(19)25(26-20(27)11-36-29(26)33)17-7-23(34-5)28(32)24(8-17)35-6/h7-10,20,25-27H,11-12H2,1-6H3/t20-,25+,26-,27+/m0/s1. The molecule has 3 aromatic rings. The van der Waals surface area contributed by atoms with Gasteiger partial charge in [0.05, 0.1) is 26.1 Å². The van der Waals surface area contributed by atoms with Crippen molar-refractivity contribution in [3.05, 3.63) is 63.7 Å². The molecular formula is C29H30N2O7. The van der Waals surface area contributed by atoms with Crippen molar-refractivity contribution in [1.82, 2.24) is 4.98 Å². The van der Waals surface area contributed by atoms with Gasteiger partial charge in [0.1, 0.15) is 29.5 Å². The van der Waals surface area contributed by atoms with Crippen LogP contribution in [0.25, 0.3) is 0 Å². The van der Waals surface area contributed by atoms with Crippen molar-refractivity contribution in [2.75, 3.05) is 27.6 Å². The number of hydrogen-bond acceptors (Lipinski definition) is 8. The number of methoxy groups -OCH3 is 2. The predicted molar refractivity (Wildman–Crippen MR) is 133 cm³/mol. The van der Waals surface area contributed by atoms with E-state index in [2.05, 4.69) is 18.4 Å². The number of esters is 1. The maximum absolute atomic E-state index is 13.5. The second kappa shape index (κ2) is 8.79. The first-order chi connectivity index (χ1) is 18.2. The molecule has 9 heteroatoms. The van der Waals surface area contributed by atoms with E-state index >= 15 is 0 Å². The van der Waals surface area contributed by atoms with E-state index in [0.717, 1.165) is 39.5 Å². The summed E-state index contributed by atoms with van der Waals surface area (Å²) >= 11 is 0. The highest BCUT2D eigenvalue weighted by Crippen LogP contribution is 2.55. The maximum atomic E-state index is 13.5. The van der Waals surface area contributed by atoms with Crippen LogP contribution >= 0.6 is 0 Å². The molecule has 0 spiro atoms. The average molecular weight is 519 g/mol. The number of carbonyl (C=O) groups excluding carboxylic acids is 1. The summed E-state index contributed by atoms with van der Waals surface area (Å²) in [5.74, 6) is -0.0837. The number of benzene rings is 2. The molecule has 4 atom stereocenters. The van der Waals surface area contributed by atoms with Crippen LogP contribution in [0, 0.1) is 39.5 Å². The maximum Gasteiger partial charge on any atom is 0.310 e. The zero-order valence-corrected chi connectivity index (χ0v) is 22.3. The van der Waals surface area contributed by atoms with Crippen LogP contribution < -0.4 is 28.6 Å². The van der Waals surface area contributed by atoms with Crippen LogP contribution in [0.2, 0.25) is 0 Å². The van der Waals surface area contributed by atoms with Gasteiger partial charge in [0.2, 0.25) is 6.79 Å². The van der Waals surface area contributed by atoms with Crippen LogP contribution in [0.15, 0.2) is 24.3 Å². The first kappa shape index (κ1) is 24.3. The average Bonchev–Trinajstić information content (AvgIpc) is 3.52. The Hall–Kier alpha value is -4.01. The Morgan fingerprint density at radius 2 is 1.47 bits per heavy atom. The summed E-state index contributed by atoms with van der Waals surface area (Å²) in [5.41, 5.74) is 6.59. The van der Waals surface area contributed by atoms with Crippen LogP contribution in [0.4, 0.5) is 0 Å². The minimum absolute atomic E-state index is 0.133. The highest BCUT2D eigenvalue weighted by Gasteiger charge is 2.57. The fourth-order valence-electron chi connectivity index (χ4n) is 6.37. The molecule has 9 nitrogen and oxygen atoms in total. The molecule has 0 N–H and O–H groups in total. The number of ether oxygens (including phenoxy) is 5. The Balaban J connectivity index is 1.66. The van der Waals surface area contributed by atoms with E-state index in [1.54, 1.807) is 12.1 Å². The Labute approximate surface area is 220 Å². The lowest BCUT2D eigenvalue weighted by atomic mass is 9.65. The largest absolute Gasteiger partial charge is 0.867 e. The van der Waals surface area contributed by atoms with Gasteiger partial charge < -0.3 is 28.8 Å². The third-order valence-corrected chi connectivity index (χ3v) is 8.37. The predicted octanol–water partition coefficient (Wildman–Crippen LogP) is 2.95. The molecule has 2 aliphatic heterocycles. The number of nitrogens with zero attached hydrogens (tertiary/aromatic N) is 2. The van der Waals surface area contributed by atoms with Gasteiger partial charge in [-0.05, 0) is 55.0 Å². The lowest BCUT2D eigenvalue weighted by Crippen LogP contribution is -2.54. The van der Waals surface area contributed by atoms with Crippen molar-refractivity contribution in [3.8, 4) is 28.7 Å². The molecule has 0 unspecified atom stereocenters. The highest BCUT2D eigenvalue weighted by molar-refractivity contribution is 5.79. The van der Waals surface area contributed by atoms with Gasteiger partial charge in [-0.1, -0.05) is 0 Å². The van der Waals surface area contributed by atoms with Crippen molar-refractivity contribution in [2.45, 2.75) is 39.7 Å². The third kappa shape index (κ3) is 3.40. The first-order valence-corrected chi connectivity index (χ1v) is 12.6. The molecule has 2 aromatic carbocycles. The lowest BCUT2D eigenvalue weighted by molar-refractivity contribution is -0.734. The normalized spacial score (nSPS) is 23.1. The van der Waals surface area contributed by atoms with Crippen molar-refractivity contribution in [3.63, 3.8) is 0 Å². The molecule has 198 valence electrons. The summed E-state index contributed by atoms with van der Waals surface area (Å²) in [5, 5.41) is 12.7. The molecule has 0 bridgehead atoms. The fourth-order valence-corrected chi connectivity index (χ4v) is 6.37. The van der Waals surface area contributed by atoms with Crippen LogP contribution in [0.1, 0.15) is 51.4 Å². The van der Waals surface area contributed by atoms with E-state index in [1.807, 2.05) is 26.0 Å². The minimum atomic E-state index is -0.500. The zero-order chi connectivity index (χ0) is 26.9. The van der Waals surface area contributed by atoms with Crippen molar-refractivity contribution < 1.29 is 38.2 Å². The number of aromatic nitrogens is 2. The van der Waals surface area contributed by atoms with Crippen LogP contribution in [-0.2, 0) is 9.53 Å². The van der Waals surface area contributed by atoms with E-state index in [9.17, 15) is 9.90 Å². The second-order valence-electron chi connectivity index (χ2n) is 10.2. The summed E-state index contributed by atoms with van der Waals surface area (Å²) in [7, 11) is 2.90. The molecule has 0 radical (unpaired) electrons. The summed E-state index contributed by atoms with van der Waals surface area (Å²) in [6, 6.07) is 7.21. The topological polar surface area (TPSA) is 103 Å². The number of fused-ring (bicyclic) bond motifs is 3. The van der Waals surface area contributed by atoms with Gasteiger partial charge in [0.15, 0.2) is 28.9 Å². The first-order valence-electron chi connectivity index (χ1n) is 12.6. The second-order valence-corrected chi connectivity index (χ2v) is 10.2. The van der Waals surface area contributed by atoms with E-state index < -0.39 is 11.8 Å². The third-order valence-electron chi connectivity index (χ3n) is 8.37. The van der Waals surface area contributed by atoms with Gasteiger partial charge in [-0.3, -0.25) is 4.79 Å². The van der Waals surface area contributed by atoms with Crippen LogP contribution in [-0.4, -0.2) is 38.6 Å². The zero-order valence-electron chi connectivity index (χ0n) is 22.3. The summed E-state index contributed by atoms with van der Waals surface area (Å²) < 4.78 is 30.4. The molecule has 38 heavy (non-hydrogen) atoms. The summed E-state index contributed by atoms with van der Waals surface area (Å²) in [4.78, 5) is 18.2. The Morgan fingerprint density at radius 3 is 2.05 bits per heavy atom. The molecule has 0 saturated carbocycles. The molecule has 1 saturated heterocycles. The molecule has 1 fully saturated rings. The van der Waals surface area contributed by atoms with Crippen LogP contribution in [0.3, 0.4) is 0 Å². The van der Waals surface area contributed by atoms with Crippen molar-refractivity contribution >= 4 is 5.97 Å². The SMILES string of the molecule is COc1cc([C@@H]2c3cc4c(cc3[C@@H]([n+]3c(C)c(C)nc(C)c3C)[C@H]3COC(=O)[C@H]23)OCO4)cc(OC)c1[O-]. The van der Waals surface area contributed by atoms with E-state index in [4.69, 9.17) is 28.7 Å². The van der Waals surface area contributed by atoms with Crippen molar-refractivity contribution in [2.24, 2.45) is 11.8 Å². The number of cyclic esters (lactones) is 1. The highest BCUT2D eigenvalue weighted by atomic mass is 16.7. The molecule has 1 aliphatic carbocycles. The molecular weight excluding hydrogens is 488 g/mol. The molecule has 1 aromatic heterocycles. The monoisotopic (exact) mass is 518 g/mol. The van der Waals surface area contributed by atoms with Gasteiger partial charge in [-0.25, -0.2) is 4.98 Å². The lowest BCUT2D eigenvalue weighted by Gasteiger charge is -2.37. The van der Waals surface area contributed by atoms with Gasteiger partial charge in [0, 0.05) is 25.3 Å². The Kier molecular flexibility index (Phi) is 5.63. The smallest absolute Gasteiger partial charge is 0.310 e. The summed E-state index contributed by atoms with van der Waals surface area (Å²) in [6.07, 6.45) is 0. The minimum Gasteiger partial charge on any atom is -0.867 e. The number of hydrogen-bond donors (Lipinski definition) is 0. The molecule has 3 aliphatic rings. The fraction of sp³-hybridized carbons (Fsp3) is 0.414. The van der Waals surface area contributed by atoms with Crippen molar-refractivity contribution in [1.29, 1.82) is 0 Å². The van der Waals surface area contributed by atoms with Gasteiger partial charge in [-0.2, -0.15) is 4.57 Å². The van der Waals surface area contributed by atoms with Gasteiger partial charge in [-0.15, -0.1) is 0 Å². The quantitative estimate of drug-likeness (QED) is 0.384. The Morgan fingerprint density at radius 1 is 0.895 bits per heavy atom. The van der Waals surface area contributed by atoms with E-state index in [0.29, 0.717) is 11.5 Å². The van der Waals surface area contributed by atoms with Gasteiger partial charge in [0.25, 0.3) is 0 Å². The number of rotatable bonds is 4. The summed E-state index contributed by atoms with van der Waals surface area (Å²) in [6.45, 7) is 8.53. The molecule has 6 rings (SSSR count). The molecule has 3 heterocycles. The van der Waals surface area contributed by atoms with E-state index in [-0.39, 0.29) is 48.6 Å². The van der Waals surface area contributed by atoms with Crippen LogP contribution in [0.5, 0.6) is 28.7 Å².